The second-order valence-corrected chi connectivity index (χ2v) is 9.90. The molecule has 128 valence electrons. The van der Waals surface area contributed by atoms with E-state index in [1.165, 1.54) is 51.4 Å². The van der Waals surface area contributed by atoms with E-state index in [-0.39, 0.29) is 11.5 Å². The Morgan fingerprint density at radius 2 is 1.74 bits per heavy atom. The van der Waals surface area contributed by atoms with Gasteiger partial charge in [0.1, 0.15) is 5.78 Å². The molecule has 5 rings (SSSR count). The Balaban J connectivity index is 1.42. The lowest BCUT2D eigenvalue weighted by Crippen LogP contribution is -2.56. The maximum absolute atomic E-state index is 12.5. The van der Waals surface area contributed by atoms with Crippen molar-refractivity contribution in [1.29, 1.82) is 0 Å². The number of Topliss-reactive ketones (excluding diaryl/α,β-unsaturated/α-hetero) is 1. The number of carbonyl (C=O) groups is 1. The van der Waals surface area contributed by atoms with Gasteiger partial charge in [-0.3, -0.25) is 4.79 Å². The van der Waals surface area contributed by atoms with Gasteiger partial charge in [-0.1, -0.05) is 6.92 Å². The molecule has 5 aliphatic carbocycles. The lowest BCUT2D eigenvalue weighted by molar-refractivity contribution is -0.158. The Bertz CT molecular complexity index is 528. The fourth-order valence-corrected chi connectivity index (χ4v) is 8.36. The Hall–Kier alpha value is -0.370. The molecule has 0 aromatic rings. The number of fused-ring (bicyclic) bond motifs is 6. The van der Waals surface area contributed by atoms with E-state index in [0.29, 0.717) is 11.2 Å². The molecule has 5 aliphatic rings. The van der Waals surface area contributed by atoms with Crippen LogP contribution < -0.4 is 0 Å². The standard InChI is InChI=1S/C21H32O2/c1-20-9-6-16-15-5-3-14(22)12-13(15)2-4-17(16)18(20)7-10-21(20)11-8-19(21)23/h13-18,22H,2-12H2,1H3/t13-,14-,15-,16+,17+,18-,20-,21-/m0/s1. The minimum absolute atomic E-state index is 0.0241. The van der Waals surface area contributed by atoms with Crippen molar-refractivity contribution in [3.8, 4) is 0 Å². The zero-order valence-corrected chi connectivity index (χ0v) is 14.6. The molecule has 0 aromatic heterocycles. The van der Waals surface area contributed by atoms with Crippen LogP contribution in [0.1, 0.15) is 77.6 Å². The molecule has 0 unspecified atom stereocenters. The van der Waals surface area contributed by atoms with Gasteiger partial charge in [0, 0.05) is 11.8 Å². The van der Waals surface area contributed by atoms with Gasteiger partial charge in [-0.2, -0.15) is 0 Å². The lowest BCUT2D eigenvalue weighted by Gasteiger charge is -2.59. The summed E-state index contributed by atoms with van der Waals surface area (Å²) in [6.07, 6.45) is 13.3. The van der Waals surface area contributed by atoms with Crippen LogP contribution in [0, 0.1) is 40.4 Å². The first-order valence-electron chi connectivity index (χ1n) is 10.3. The normalized spacial score (nSPS) is 58.3. The van der Waals surface area contributed by atoms with Crippen molar-refractivity contribution in [2.24, 2.45) is 40.4 Å². The number of hydrogen-bond donors (Lipinski definition) is 1. The van der Waals surface area contributed by atoms with Crippen LogP contribution in [-0.2, 0) is 4.79 Å². The van der Waals surface area contributed by atoms with Crippen LogP contribution >= 0.6 is 0 Å². The van der Waals surface area contributed by atoms with Crippen molar-refractivity contribution in [2.45, 2.75) is 83.7 Å². The number of aliphatic hydroxyl groups excluding tert-OH is 1. The van der Waals surface area contributed by atoms with Gasteiger partial charge >= 0.3 is 0 Å². The molecule has 0 amide bonds. The second kappa shape index (κ2) is 4.84. The van der Waals surface area contributed by atoms with Crippen LogP contribution in [0.15, 0.2) is 0 Å². The highest BCUT2D eigenvalue weighted by Crippen LogP contribution is 2.72. The molecule has 23 heavy (non-hydrogen) atoms. The highest BCUT2D eigenvalue weighted by molar-refractivity contribution is 5.91. The molecular formula is C21H32O2. The molecule has 0 saturated heterocycles. The number of aliphatic hydroxyl groups is 1. The summed E-state index contributed by atoms with van der Waals surface area (Å²) < 4.78 is 0. The van der Waals surface area contributed by atoms with E-state index in [2.05, 4.69) is 6.92 Å². The quantitative estimate of drug-likeness (QED) is 0.721. The molecule has 8 atom stereocenters. The fraction of sp³-hybridized carbons (Fsp3) is 0.952. The highest BCUT2D eigenvalue weighted by Gasteiger charge is 2.67. The van der Waals surface area contributed by atoms with Crippen molar-refractivity contribution in [3.63, 3.8) is 0 Å². The minimum Gasteiger partial charge on any atom is -0.393 e. The summed E-state index contributed by atoms with van der Waals surface area (Å²) in [7, 11) is 0. The molecule has 0 heterocycles. The summed E-state index contributed by atoms with van der Waals surface area (Å²) >= 11 is 0. The predicted octanol–water partition coefficient (Wildman–Crippen LogP) is 4.35. The van der Waals surface area contributed by atoms with E-state index >= 15 is 0 Å². The van der Waals surface area contributed by atoms with Crippen molar-refractivity contribution >= 4 is 5.78 Å². The van der Waals surface area contributed by atoms with Gasteiger partial charge in [0.25, 0.3) is 0 Å². The Morgan fingerprint density at radius 1 is 0.913 bits per heavy atom. The predicted molar refractivity (Wildman–Crippen MR) is 89.8 cm³/mol. The van der Waals surface area contributed by atoms with Gasteiger partial charge in [0.05, 0.1) is 6.10 Å². The third-order valence-corrected chi connectivity index (χ3v) is 9.60. The molecule has 0 bridgehead atoms. The van der Waals surface area contributed by atoms with Crippen molar-refractivity contribution in [3.05, 3.63) is 0 Å². The average Bonchev–Trinajstić information content (AvgIpc) is 2.88. The molecule has 2 heteroatoms. The van der Waals surface area contributed by atoms with Gasteiger partial charge in [-0.25, -0.2) is 0 Å². The zero-order chi connectivity index (χ0) is 15.8. The average molecular weight is 316 g/mol. The second-order valence-electron chi connectivity index (χ2n) is 9.90. The van der Waals surface area contributed by atoms with Crippen molar-refractivity contribution < 1.29 is 9.90 Å². The molecule has 0 radical (unpaired) electrons. The number of ketones is 1. The van der Waals surface area contributed by atoms with Crippen molar-refractivity contribution in [1.82, 2.24) is 0 Å². The molecule has 1 spiro atoms. The zero-order valence-electron chi connectivity index (χ0n) is 14.6. The SMILES string of the molecule is C[C@]12CC[C@H]3[C@@H](CC[C@H]4C[C@@H](O)CC[C@@H]43)[C@@H]1CC[C@@]21CCC1=O. The molecular weight excluding hydrogens is 284 g/mol. The van der Waals surface area contributed by atoms with Crippen LogP contribution in [0.5, 0.6) is 0 Å². The third-order valence-electron chi connectivity index (χ3n) is 9.60. The van der Waals surface area contributed by atoms with E-state index in [9.17, 15) is 9.90 Å². The Morgan fingerprint density at radius 3 is 2.48 bits per heavy atom. The Labute approximate surface area is 140 Å². The van der Waals surface area contributed by atoms with Crippen LogP contribution in [0.4, 0.5) is 0 Å². The summed E-state index contributed by atoms with van der Waals surface area (Å²) in [5, 5.41) is 10.0. The van der Waals surface area contributed by atoms with Crippen LogP contribution in [-0.4, -0.2) is 17.0 Å². The smallest absolute Gasteiger partial charge is 0.139 e. The first-order valence-corrected chi connectivity index (χ1v) is 10.3. The Kier molecular flexibility index (Phi) is 3.14. The maximum Gasteiger partial charge on any atom is 0.139 e. The maximum atomic E-state index is 12.5. The minimum atomic E-state index is -0.0241. The third kappa shape index (κ3) is 1.77. The molecule has 1 N–H and O–H groups in total. The number of rotatable bonds is 0. The molecule has 5 saturated carbocycles. The highest BCUT2D eigenvalue weighted by atomic mass is 16.3. The first kappa shape index (κ1) is 14.9. The van der Waals surface area contributed by atoms with E-state index in [1.54, 1.807) is 0 Å². The molecule has 0 aliphatic heterocycles. The number of carbonyl (C=O) groups excluding carboxylic acids is 1. The fourth-order valence-electron chi connectivity index (χ4n) is 8.36. The summed E-state index contributed by atoms with van der Waals surface area (Å²) in [5.74, 6) is 4.90. The summed E-state index contributed by atoms with van der Waals surface area (Å²) in [5.41, 5.74) is 0.423. The van der Waals surface area contributed by atoms with Gasteiger partial charge < -0.3 is 5.11 Å². The van der Waals surface area contributed by atoms with Crippen LogP contribution in [0.3, 0.4) is 0 Å². The van der Waals surface area contributed by atoms with Crippen molar-refractivity contribution in [2.75, 3.05) is 0 Å². The molecule has 5 fully saturated rings. The largest absolute Gasteiger partial charge is 0.393 e. The summed E-state index contributed by atoms with van der Waals surface area (Å²) in [6, 6.07) is 0. The summed E-state index contributed by atoms with van der Waals surface area (Å²) in [4.78, 5) is 12.5. The van der Waals surface area contributed by atoms with Gasteiger partial charge in [0.2, 0.25) is 0 Å². The van der Waals surface area contributed by atoms with Gasteiger partial charge in [-0.05, 0) is 99.2 Å². The summed E-state index contributed by atoms with van der Waals surface area (Å²) in [6.45, 7) is 2.49. The van der Waals surface area contributed by atoms with Gasteiger partial charge in [-0.15, -0.1) is 0 Å². The number of hydrogen-bond acceptors (Lipinski definition) is 2. The molecule has 2 nitrogen and oxygen atoms in total. The lowest BCUT2D eigenvalue weighted by atomic mass is 9.44. The van der Waals surface area contributed by atoms with Gasteiger partial charge in [0.15, 0.2) is 0 Å². The van der Waals surface area contributed by atoms with E-state index in [4.69, 9.17) is 0 Å². The first-order chi connectivity index (χ1) is 11.1. The van der Waals surface area contributed by atoms with E-state index < -0.39 is 0 Å². The van der Waals surface area contributed by atoms with Crippen LogP contribution in [0.25, 0.3) is 0 Å². The van der Waals surface area contributed by atoms with Crippen LogP contribution in [0.2, 0.25) is 0 Å². The monoisotopic (exact) mass is 316 g/mol. The van der Waals surface area contributed by atoms with E-state index in [0.717, 1.165) is 48.9 Å². The molecule has 0 aromatic carbocycles. The topological polar surface area (TPSA) is 37.3 Å². The van der Waals surface area contributed by atoms with E-state index in [1.807, 2.05) is 0 Å².